The second-order valence-corrected chi connectivity index (χ2v) is 12.8. The molecule has 2 bridgehead atoms. The van der Waals surface area contributed by atoms with Gasteiger partial charge in [-0.15, -0.1) is 0 Å². The summed E-state index contributed by atoms with van der Waals surface area (Å²) < 4.78 is 10.1. The first kappa shape index (κ1) is 38.4. The number of Topliss-reactive ketones (excluding diaryl/α,β-unsaturated/α-hetero) is 1. The van der Waals surface area contributed by atoms with Gasteiger partial charge in [-0.05, 0) is 38.7 Å². The van der Waals surface area contributed by atoms with Crippen molar-refractivity contribution in [2.24, 2.45) is 28.6 Å². The van der Waals surface area contributed by atoms with Crippen molar-refractivity contribution in [3.63, 3.8) is 0 Å². The number of amides is 1. The van der Waals surface area contributed by atoms with Gasteiger partial charge in [0.2, 0.25) is 0 Å². The van der Waals surface area contributed by atoms with E-state index < -0.39 is 88.2 Å². The van der Waals surface area contributed by atoms with Crippen molar-refractivity contribution in [3.05, 3.63) is 11.1 Å². The van der Waals surface area contributed by atoms with E-state index in [2.05, 4.69) is 10.1 Å². The van der Waals surface area contributed by atoms with Crippen molar-refractivity contribution in [2.75, 3.05) is 13.7 Å². The van der Waals surface area contributed by atoms with Gasteiger partial charge in [0.15, 0.2) is 5.78 Å². The van der Waals surface area contributed by atoms with E-state index in [1.807, 2.05) is 0 Å². The largest absolute Gasteiger partial charge is 0.453 e. The number of methoxy groups -OCH3 is 1. The zero-order valence-electron chi connectivity index (χ0n) is 24.7. The molecule has 0 aromatic carbocycles. The Balaban J connectivity index is 0.00000294. The van der Waals surface area contributed by atoms with Crippen molar-refractivity contribution >= 4 is 11.9 Å². The molecule has 4 aliphatic rings. The molecule has 228 valence electrons. The minimum absolute atomic E-state index is 0. The van der Waals surface area contributed by atoms with Gasteiger partial charge in [-0.1, -0.05) is 26.3 Å². The smallest absolute Gasteiger partial charge is 0.407 e. The fraction of sp³-hybridized carbons (Fsp3) is 0.852. The number of alkyl carbamates (subject to hydrolysis) is 1. The summed E-state index contributed by atoms with van der Waals surface area (Å²) in [5.41, 5.74) is -5.42. The molecule has 12 nitrogen and oxygen atoms in total. The van der Waals surface area contributed by atoms with Gasteiger partial charge >= 0.3 is 6.09 Å². The Kier molecular flexibility index (Phi) is 12.3. The van der Waals surface area contributed by atoms with E-state index in [0.717, 1.165) is 7.11 Å². The summed E-state index contributed by atoms with van der Waals surface area (Å²) in [6.07, 6.45) is -7.48. The molecule has 41 heavy (non-hydrogen) atoms. The molecule has 1 aliphatic heterocycles. The number of hydrogen-bond acceptors (Lipinski definition) is 11. The van der Waals surface area contributed by atoms with Gasteiger partial charge in [-0.2, -0.15) is 0 Å². The van der Waals surface area contributed by atoms with E-state index in [9.17, 15) is 40.4 Å². The molecule has 1 heterocycles. The van der Waals surface area contributed by atoms with E-state index in [0.29, 0.717) is 5.57 Å². The average Bonchev–Trinajstić information content (AvgIpc) is 2.87. The molecule has 3 fully saturated rings. The fourth-order valence-corrected chi connectivity index (χ4v) is 8.41. The third-order valence-corrected chi connectivity index (χ3v) is 10.9. The van der Waals surface area contributed by atoms with Gasteiger partial charge in [0.25, 0.3) is 0 Å². The molecule has 3 aliphatic carbocycles. The molecule has 10 unspecified atom stereocenters. The van der Waals surface area contributed by atoms with Gasteiger partial charge in [0.05, 0.1) is 43.0 Å². The van der Waals surface area contributed by atoms with E-state index in [4.69, 9.17) is 9.62 Å². The number of carbonyl (C=O) groups is 2. The normalized spacial score (nSPS) is 43.3. The van der Waals surface area contributed by atoms with Crippen LogP contribution in [0.15, 0.2) is 11.1 Å². The quantitative estimate of drug-likeness (QED) is 0.113. The van der Waals surface area contributed by atoms with Gasteiger partial charge in [-0.3, -0.25) is 10.1 Å². The predicted molar refractivity (Wildman–Crippen MR) is 135 cm³/mol. The topological polar surface area (TPSA) is 195 Å². The molecule has 4 rings (SSSR count). The Morgan fingerprint density at radius 1 is 1.17 bits per heavy atom. The number of carbonyl (C=O) groups excluding carboxylic acids is 2. The fourth-order valence-electron chi connectivity index (χ4n) is 8.41. The first-order valence-electron chi connectivity index (χ1n) is 13.5. The summed E-state index contributed by atoms with van der Waals surface area (Å²) in [6.45, 7) is 9.70. The standard InChI is InChI=1S/C27H43NO11.2Ac/c1-11-14(20(39-36)18(30)13(3)28-23(33)37-7)9-27(35)12(2)21-25(6,15(29)8-16-26(21,34)10-38-16)22(32)19(31)17(11)24(27,4)5;;/h12-16,18-21,29-31,34-36H,8-10H2,1-7H3,(H,28,33);;/t12?,13?,14?,15?,16?,18?,19?,20-,21?,25-,26?,27?;;/m1../s1. The van der Waals surface area contributed by atoms with E-state index in [-0.39, 0.29) is 113 Å². The second kappa shape index (κ2) is 13.2. The summed E-state index contributed by atoms with van der Waals surface area (Å²) in [6, 6.07) is -0.948. The molecular weight excluding hydrogens is 968 g/mol. The van der Waals surface area contributed by atoms with Gasteiger partial charge in [0, 0.05) is 112 Å². The van der Waals surface area contributed by atoms with Crippen molar-refractivity contribution in [1.82, 2.24) is 5.32 Å². The van der Waals surface area contributed by atoms with Gasteiger partial charge < -0.3 is 40.3 Å². The van der Waals surface area contributed by atoms with Crippen LogP contribution in [0.4, 0.5) is 4.79 Å². The minimum Gasteiger partial charge on any atom is -0.453 e. The summed E-state index contributed by atoms with van der Waals surface area (Å²) in [7, 11) is 1.16. The zero-order chi connectivity index (χ0) is 29.5. The number of aliphatic hydroxyl groups excluding tert-OH is 3. The molecule has 2 saturated carbocycles. The van der Waals surface area contributed by atoms with Crippen molar-refractivity contribution in [3.8, 4) is 0 Å². The Bertz CT molecular complexity index is 1060. The van der Waals surface area contributed by atoms with Crippen LogP contribution in [0.2, 0.25) is 0 Å². The number of aliphatic hydroxyl groups is 5. The van der Waals surface area contributed by atoms with Crippen LogP contribution in [0.5, 0.6) is 0 Å². The number of hydrogen-bond donors (Lipinski definition) is 7. The van der Waals surface area contributed by atoms with Crippen molar-refractivity contribution in [1.29, 1.82) is 0 Å². The average molecular weight is 1010 g/mol. The van der Waals surface area contributed by atoms with E-state index >= 15 is 0 Å². The molecular formula is C27H43Ac2NO11. The van der Waals surface area contributed by atoms with Crippen LogP contribution in [0.1, 0.15) is 54.4 Å². The monoisotopic (exact) mass is 1010 g/mol. The van der Waals surface area contributed by atoms with Crippen LogP contribution in [-0.4, -0.2) is 104 Å². The number of fused-ring (bicyclic) bond motifs is 5. The Morgan fingerprint density at radius 2 is 1.76 bits per heavy atom. The molecule has 1 saturated heterocycles. The van der Waals surface area contributed by atoms with Gasteiger partial charge in [-0.25, -0.2) is 9.68 Å². The third kappa shape index (κ3) is 5.52. The van der Waals surface area contributed by atoms with Gasteiger partial charge in [0.1, 0.15) is 23.9 Å². The van der Waals surface area contributed by atoms with Crippen LogP contribution in [0.25, 0.3) is 0 Å². The molecule has 0 aromatic heterocycles. The molecule has 0 aromatic rings. The number of rotatable bonds is 5. The van der Waals surface area contributed by atoms with Crippen molar-refractivity contribution < 1.29 is 143 Å². The molecule has 2 radical (unpaired) electrons. The first-order chi connectivity index (χ1) is 17.9. The maximum absolute atomic E-state index is 14.1. The van der Waals surface area contributed by atoms with Crippen LogP contribution >= 0.6 is 0 Å². The maximum Gasteiger partial charge on any atom is 0.407 e. The Labute approximate surface area is 312 Å². The van der Waals surface area contributed by atoms with Crippen LogP contribution in [-0.2, 0) is 19.2 Å². The summed E-state index contributed by atoms with van der Waals surface area (Å²) in [5.74, 6) is -3.41. The third-order valence-electron chi connectivity index (χ3n) is 10.9. The number of nitrogens with one attached hydrogen (secondary N) is 1. The molecule has 1 amide bonds. The maximum atomic E-state index is 14.1. The summed E-state index contributed by atoms with van der Waals surface area (Å²) in [5, 5.41) is 70.8. The predicted octanol–water partition coefficient (Wildman–Crippen LogP) is 0.140. The molecule has 14 heteroatoms. The number of ether oxygens (including phenoxy) is 2. The molecule has 12 atom stereocenters. The van der Waals surface area contributed by atoms with Crippen LogP contribution in [0.3, 0.4) is 0 Å². The molecule has 0 spiro atoms. The molecule has 7 N–H and O–H groups in total. The summed E-state index contributed by atoms with van der Waals surface area (Å²) in [4.78, 5) is 30.6. The summed E-state index contributed by atoms with van der Waals surface area (Å²) >= 11 is 0. The van der Waals surface area contributed by atoms with Crippen LogP contribution < -0.4 is 5.32 Å². The van der Waals surface area contributed by atoms with E-state index in [1.54, 1.807) is 27.7 Å². The first-order valence-corrected chi connectivity index (χ1v) is 13.5. The Morgan fingerprint density at radius 3 is 2.24 bits per heavy atom. The zero-order valence-corrected chi connectivity index (χ0v) is 34.2. The SMILES string of the molecule is COC(=O)NC(C)C(O)[C@H](OO)C1CC2(O)C(C)C3C4(O)COC4CC(O)[C@@]3(C)C(=O)C(O)C(=C1C)C2(C)C.[Ac].[Ac]. The van der Waals surface area contributed by atoms with Crippen LogP contribution in [0, 0.1) is 117 Å². The van der Waals surface area contributed by atoms with E-state index in [1.165, 1.54) is 13.8 Å². The second-order valence-electron chi connectivity index (χ2n) is 12.8. The van der Waals surface area contributed by atoms with Crippen molar-refractivity contribution in [2.45, 2.75) is 102 Å². The number of ketones is 1. The Hall–Kier alpha value is 1.24. The minimum atomic E-state index is -1.76.